The van der Waals surface area contributed by atoms with Gasteiger partial charge in [0.25, 0.3) is 0 Å². The zero-order valence-electron chi connectivity index (χ0n) is 12.5. The molecule has 21 heavy (non-hydrogen) atoms. The number of nitrogens with two attached hydrogens (primary N) is 1. The Labute approximate surface area is 123 Å². The number of aryl methyl sites for hydroxylation is 2. The first-order valence-corrected chi connectivity index (χ1v) is 6.72. The minimum Gasteiger partial charge on any atom is -0.468 e. The van der Waals surface area contributed by atoms with Crippen molar-refractivity contribution in [2.24, 2.45) is 12.8 Å². The van der Waals surface area contributed by atoms with Gasteiger partial charge in [-0.3, -0.25) is 9.48 Å². The maximum atomic E-state index is 12.5. The van der Waals surface area contributed by atoms with E-state index in [2.05, 4.69) is 10.1 Å². The van der Waals surface area contributed by atoms with E-state index >= 15 is 0 Å². The summed E-state index contributed by atoms with van der Waals surface area (Å²) < 4.78 is 6.66. The van der Waals surface area contributed by atoms with Crippen LogP contribution >= 0.6 is 0 Å². The first-order chi connectivity index (χ1) is 10.0. The summed E-state index contributed by atoms with van der Waals surface area (Å²) in [5.41, 5.74) is 6.91. The fourth-order valence-electron chi connectivity index (χ4n) is 2.45. The van der Waals surface area contributed by atoms with Gasteiger partial charge in [0.15, 0.2) is 0 Å². The molecule has 0 bridgehead atoms. The Morgan fingerprint density at radius 1 is 1.48 bits per heavy atom. The molecule has 1 atom stereocenters. The fraction of sp³-hybridized carbons (Fsp3) is 0.400. The number of hydrogen-bond acceptors (Lipinski definition) is 5. The van der Waals surface area contributed by atoms with Crippen molar-refractivity contribution in [1.29, 1.82) is 0 Å². The Hall–Kier alpha value is -2.21. The monoisotopic (exact) mass is 288 g/mol. The Kier molecular flexibility index (Phi) is 4.37. The third-order valence-electron chi connectivity index (χ3n) is 3.76. The summed E-state index contributed by atoms with van der Waals surface area (Å²) >= 11 is 0. The molecule has 1 aromatic carbocycles. The molecule has 6 nitrogen and oxygen atoms in total. The molecule has 1 aromatic heterocycles. The largest absolute Gasteiger partial charge is 0.468 e. The number of benzene rings is 1. The van der Waals surface area contributed by atoms with Crippen molar-refractivity contribution < 1.29 is 9.53 Å². The van der Waals surface area contributed by atoms with Gasteiger partial charge in [-0.2, -0.15) is 5.10 Å². The van der Waals surface area contributed by atoms with E-state index in [1.807, 2.05) is 31.2 Å². The van der Waals surface area contributed by atoms with Crippen LogP contribution in [-0.2, 0) is 28.4 Å². The number of aromatic nitrogens is 3. The number of carbonyl (C=O) groups is 1. The van der Waals surface area contributed by atoms with Gasteiger partial charge in [0, 0.05) is 20.0 Å². The highest BCUT2D eigenvalue weighted by molar-refractivity contribution is 5.84. The van der Waals surface area contributed by atoms with Gasteiger partial charge in [-0.05, 0) is 12.5 Å². The molecule has 0 amide bonds. The maximum Gasteiger partial charge on any atom is 0.318 e. The first-order valence-electron chi connectivity index (χ1n) is 6.72. The number of methoxy groups -OCH3 is 1. The molecule has 0 fully saturated rings. The molecular formula is C15H20N4O2. The molecule has 2 rings (SSSR count). The summed E-state index contributed by atoms with van der Waals surface area (Å²) in [7, 11) is 3.16. The lowest BCUT2D eigenvalue weighted by Gasteiger charge is -2.30. The number of ether oxygens (including phenoxy) is 1. The lowest BCUT2D eigenvalue weighted by atomic mass is 9.76. The van der Waals surface area contributed by atoms with Crippen molar-refractivity contribution in [3.63, 3.8) is 0 Å². The topological polar surface area (TPSA) is 83.0 Å². The average molecular weight is 288 g/mol. The third-order valence-corrected chi connectivity index (χ3v) is 3.76. The Bertz CT molecular complexity index is 638. The van der Waals surface area contributed by atoms with Crippen LogP contribution in [0.4, 0.5) is 0 Å². The predicted octanol–water partition coefficient (Wildman–Crippen LogP) is 0.736. The summed E-state index contributed by atoms with van der Waals surface area (Å²) in [6, 6.07) is 7.74. The van der Waals surface area contributed by atoms with Crippen LogP contribution in [0, 0.1) is 6.92 Å². The van der Waals surface area contributed by atoms with Gasteiger partial charge in [0.05, 0.1) is 7.11 Å². The molecular weight excluding hydrogens is 268 g/mol. The van der Waals surface area contributed by atoms with Crippen LogP contribution < -0.4 is 5.73 Å². The smallest absolute Gasteiger partial charge is 0.318 e. The average Bonchev–Trinajstić information content (AvgIpc) is 2.89. The van der Waals surface area contributed by atoms with Gasteiger partial charge in [0.2, 0.25) is 0 Å². The lowest BCUT2D eigenvalue weighted by Crippen LogP contribution is -2.46. The second kappa shape index (κ2) is 6.05. The van der Waals surface area contributed by atoms with E-state index in [4.69, 9.17) is 10.5 Å². The summed E-state index contributed by atoms with van der Waals surface area (Å²) in [6.45, 7) is 2.11. The normalized spacial score (nSPS) is 13.7. The zero-order chi connectivity index (χ0) is 15.5. The highest BCUT2D eigenvalue weighted by Gasteiger charge is 2.41. The number of carbonyl (C=O) groups excluding carboxylic acids is 1. The fourth-order valence-corrected chi connectivity index (χ4v) is 2.45. The van der Waals surface area contributed by atoms with E-state index < -0.39 is 5.41 Å². The van der Waals surface area contributed by atoms with Gasteiger partial charge in [0.1, 0.15) is 17.6 Å². The Balaban J connectivity index is 2.53. The molecule has 0 aliphatic carbocycles. The summed E-state index contributed by atoms with van der Waals surface area (Å²) in [4.78, 5) is 16.7. The maximum absolute atomic E-state index is 12.5. The van der Waals surface area contributed by atoms with E-state index in [0.717, 1.165) is 11.1 Å². The van der Waals surface area contributed by atoms with Crippen LogP contribution in [0.1, 0.15) is 17.0 Å². The number of esters is 1. The van der Waals surface area contributed by atoms with Crippen LogP contribution in [-0.4, -0.2) is 34.4 Å². The standard InChI is InChI=1S/C15H20N4O2/c1-11-5-4-6-12(7-11)15(9-16,14(20)21-3)8-13-17-10-18-19(13)2/h4-7,10H,8-9,16H2,1-3H3. The van der Waals surface area contributed by atoms with Crippen molar-refractivity contribution in [3.8, 4) is 0 Å². The number of hydrogen-bond donors (Lipinski definition) is 1. The summed E-state index contributed by atoms with van der Waals surface area (Å²) in [5.74, 6) is 0.325. The lowest BCUT2D eigenvalue weighted by molar-refractivity contribution is -0.147. The van der Waals surface area contributed by atoms with E-state index in [-0.39, 0.29) is 12.5 Å². The molecule has 1 unspecified atom stereocenters. The minimum atomic E-state index is -0.957. The molecule has 2 N–H and O–H groups in total. The second-order valence-electron chi connectivity index (χ2n) is 5.12. The van der Waals surface area contributed by atoms with Crippen LogP contribution in [0.2, 0.25) is 0 Å². The number of nitrogens with zero attached hydrogens (tertiary/aromatic N) is 3. The molecule has 0 aliphatic rings. The number of rotatable bonds is 5. The van der Waals surface area contributed by atoms with Crippen molar-refractivity contribution in [2.75, 3.05) is 13.7 Å². The summed E-state index contributed by atoms with van der Waals surface area (Å²) in [5, 5.41) is 4.04. The van der Waals surface area contributed by atoms with Crippen molar-refractivity contribution in [1.82, 2.24) is 14.8 Å². The molecule has 0 radical (unpaired) electrons. The van der Waals surface area contributed by atoms with Gasteiger partial charge in [-0.15, -0.1) is 0 Å². The van der Waals surface area contributed by atoms with Gasteiger partial charge < -0.3 is 10.5 Å². The van der Waals surface area contributed by atoms with Gasteiger partial charge >= 0.3 is 5.97 Å². The van der Waals surface area contributed by atoms with Crippen LogP contribution in [0.15, 0.2) is 30.6 Å². The van der Waals surface area contributed by atoms with Gasteiger partial charge in [-0.1, -0.05) is 29.8 Å². The Morgan fingerprint density at radius 2 is 2.24 bits per heavy atom. The van der Waals surface area contributed by atoms with E-state index in [9.17, 15) is 4.79 Å². The SMILES string of the molecule is COC(=O)C(CN)(Cc1ncnn1C)c1cccc(C)c1. The van der Waals surface area contributed by atoms with E-state index in [1.165, 1.54) is 13.4 Å². The molecule has 0 saturated heterocycles. The highest BCUT2D eigenvalue weighted by Crippen LogP contribution is 2.29. The van der Waals surface area contributed by atoms with Crippen LogP contribution in [0.3, 0.4) is 0 Å². The van der Waals surface area contributed by atoms with Crippen molar-refractivity contribution in [3.05, 3.63) is 47.5 Å². The van der Waals surface area contributed by atoms with Crippen molar-refractivity contribution >= 4 is 5.97 Å². The molecule has 0 aliphatic heterocycles. The predicted molar refractivity (Wildman–Crippen MR) is 78.6 cm³/mol. The van der Waals surface area contributed by atoms with Crippen LogP contribution in [0.25, 0.3) is 0 Å². The quantitative estimate of drug-likeness (QED) is 0.820. The highest BCUT2D eigenvalue weighted by atomic mass is 16.5. The second-order valence-corrected chi connectivity index (χ2v) is 5.12. The van der Waals surface area contributed by atoms with E-state index in [1.54, 1.807) is 11.7 Å². The molecule has 2 aromatic rings. The van der Waals surface area contributed by atoms with Crippen molar-refractivity contribution in [2.45, 2.75) is 18.8 Å². The minimum absolute atomic E-state index is 0.135. The molecule has 0 saturated carbocycles. The Morgan fingerprint density at radius 3 is 2.76 bits per heavy atom. The molecule has 0 spiro atoms. The van der Waals surface area contributed by atoms with Crippen LogP contribution in [0.5, 0.6) is 0 Å². The first kappa shape index (κ1) is 15.2. The molecule has 112 valence electrons. The third kappa shape index (κ3) is 2.80. The molecule has 1 heterocycles. The van der Waals surface area contributed by atoms with Gasteiger partial charge in [-0.25, -0.2) is 4.98 Å². The summed E-state index contributed by atoms with van der Waals surface area (Å²) in [6.07, 6.45) is 1.81. The zero-order valence-corrected chi connectivity index (χ0v) is 12.5. The molecule has 6 heteroatoms. The van der Waals surface area contributed by atoms with E-state index in [0.29, 0.717) is 12.2 Å².